The standard InChI is InChI=1S/C15H24N4O2/c1-4-12-8-11(9-13(17-12)18-16)14(20)19-7-5-6-15(2,10-19)21-3/h8-9H,4-7,10,16H2,1-3H3,(H,17,18). The molecule has 0 aliphatic carbocycles. The third-order valence-corrected chi connectivity index (χ3v) is 4.07. The van der Waals surface area contributed by atoms with E-state index in [2.05, 4.69) is 10.4 Å². The first-order valence-electron chi connectivity index (χ1n) is 7.33. The van der Waals surface area contributed by atoms with E-state index in [1.54, 1.807) is 13.2 Å². The summed E-state index contributed by atoms with van der Waals surface area (Å²) in [6.07, 6.45) is 2.68. The van der Waals surface area contributed by atoms with Crippen molar-refractivity contribution in [3.63, 3.8) is 0 Å². The lowest BCUT2D eigenvalue weighted by molar-refractivity contribution is -0.0440. The van der Waals surface area contributed by atoms with Crippen LogP contribution in [0, 0.1) is 0 Å². The minimum atomic E-state index is -0.260. The van der Waals surface area contributed by atoms with Crippen molar-refractivity contribution in [1.29, 1.82) is 0 Å². The van der Waals surface area contributed by atoms with Gasteiger partial charge < -0.3 is 15.1 Å². The Morgan fingerprint density at radius 1 is 1.57 bits per heavy atom. The van der Waals surface area contributed by atoms with Gasteiger partial charge in [0.1, 0.15) is 5.82 Å². The van der Waals surface area contributed by atoms with Crippen molar-refractivity contribution in [3.05, 3.63) is 23.4 Å². The number of piperidine rings is 1. The number of carbonyl (C=O) groups excluding carboxylic acids is 1. The lowest BCUT2D eigenvalue weighted by Crippen LogP contribution is -2.49. The molecule has 21 heavy (non-hydrogen) atoms. The average molecular weight is 292 g/mol. The maximum absolute atomic E-state index is 12.7. The van der Waals surface area contributed by atoms with Gasteiger partial charge in [0.2, 0.25) is 0 Å². The first-order valence-corrected chi connectivity index (χ1v) is 7.33. The normalized spacial score (nSPS) is 22.2. The van der Waals surface area contributed by atoms with Crippen LogP contribution in [0.5, 0.6) is 0 Å². The fourth-order valence-electron chi connectivity index (χ4n) is 2.69. The van der Waals surface area contributed by atoms with Crippen molar-refractivity contribution in [1.82, 2.24) is 9.88 Å². The number of amides is 1. The van der Waals surface area contributed by atoms with Gasteiger partial charge in [-0.3, -0.25) is 4.79 Å². The van der Waals surface area contributed by atoms with Crippen LogP contribution in [0.2, 0.25) is 0 Å². The number of nitrogen functional groups attached to an aromatic ring is 1. The second-order valence-corrected chi connectivity index (χ2v) is 5.71. The number of hydrogen-bond donors (Lipinski definition) is 2. The monoisotopic (exact) mass is 292 g/mol. The lowest BCUT2D eigenvalue weighted by Gasteiger charge is -2.39. The van der Waals surface area contributed by atoms with Gasteiger partial charge in [0.05, 0.1) is 5.60 Å². The molecule has 2 heterocycles. The first kappa shape index (κ1) is 15.7. The van der Waals surface area contributed by atoms with Gasteiger partial charge in [0.15, 0.2) is 0 Å². The van der Waals surface area contributed by atoms with Crippen LogP contribution in [-0.4, -0.2) is 41.6 Å². The molecular formula is C15H24N4O2. The van der Waals surface area contributed by atoms with Crippen molar-refractivity contribution in [3.8, 4) is 0 Å². The molecule has 1 aromatic rings. The number of pyridine rings is 1. The van der Waals surface area contributed by atoms with Gasteiger partial charge >= 0.3 is 0 Å². The van der Waals surface area contributed by atoms with Crippen LogP contribution in [0.25, 0.3) is 0 Å². The Balaban J connectivity index is 2.23. The molecule has 1 unspecified atom stereocenters. The summed E-state index contributed by atoms with van der Waals surface area (Å²) >= 11 is 0. The van der Waals surface area contributed by atoms with E-state index in [0.29, 0.717) is 17.9 Å². The third kappa shape index (κ3) is 3.51. The Kier molecular flexibility index (Phi) is 4.80. The van der Waals surface area contributed by atoms with Gasteiger partial charge in [0.25, 0.3) is 5.91 Å². The number of carbonyl (C=O) groups is 1. The summed E-state index contributed by atoms with van der Waals surface area (Å²) in [6, 6.07) is 3.53. The number of rotatable bonds is 4. The van der Waals surface area contributed by atoms with E-state index < -0.39 is 0 Å². The number of likely N-dealkylation sites (tertiary alicyclic amines) is 1. The molecule has 1 aromatic heterocycles. The zero-order valence-electron chi connectivity index (χ0n) is 13.0. The average Bonchev–Trinajstić information content (AvgIpc) is 2.53. The maximum Gasteiger partial charge on any atom is 0.254 e. The summed E-state index contributed by atoms with van der Waals surface area (Å²) in [5.41, 5.74) is 3.73. The summed E-state index contributed by atoms with van der Waals surface area (Å²) in [4.78, 5) is 18.9. The highest BCUT2D eigenvalue weighted by molar-refractivity contribution is 5.95. The van der Waals surface area contributed by atoms with Gasteiger partial charge in [-0.15, -0.1) is 0 Å². The minimum absolute atomic E-state index is 0.00609. The number of anilines is 1. The molecule has 1 aliphatic rings. The molecule has 1 atom stereocenters. The lowest BCUT2D eigenvalue weighted by atomic mass is 9.94. The molecule has 0 bridgehead atoms. The molecule has 6 heteroatoms. The number of methoxy groups -OCH3 is 1. The highest BCUT2D eigenvalue weighted by atomic mass is 16.5. The van der Waals surface area contributed by atoms with E-state index >= 15 is 0 Å². The smallest absolute Gasteiger partial charge is 0.254 e. The number of hydrogen-bond acceptors (Lipinski definition) is 5. The summed E-state index contributed by atoms with van der Waals surface area (Å²) in [5, 5.41) is 0. The predicted octanol–water partition coefficient (Wildman–Crippen LogP) is 1.57. The van der Waals surface area contributed by atoms with Crippen LogP contribution in [-0.2, 0) is 11.2 Å². The predicted molar refractivity (Wildman–Crippen MR) is 82.0 cm³/mol. The molecule has 116 valence electrons. The SMILES string of the molecule is CCc1cc(C(=O)N2CCCC(C)(OC)C2)cc(NN)n1. The molecule has 6 nitrogen and oxygen atoms in total. The van der Waals surface area contributed by atoms with Crippen LogP contribution in [0.3, 0.4) is 0 Å². The number of ether oxygens (including phenoxy) is 1. The molecule has 2 rings (SSSR count). The molecule has 1 fully saturated rings. The van der Waals surface area contributed by atoms with Crippen LogP contribution in [0.15, 0.2) is 12.1 Å². The van der Waals surface area contributed by atoms with E-state index in [-0.39, 0.29) is 11.5 Å². The number of nitrogens with one attached hydrogen (secondary N) is 1. The zero-order valence-corrected chi connectivity index (χ0v) is 13.0. The van der Waals surface area contributed by atoms with Gasteiger partial charge in [-0.2, -0.15) is 0 Å². The van der Waals surface area contributed by atoms with Gasteiger partial charge in [-0.1, -0.05) is 6.92 Å². The van der Waals surface area contributed by atoms with E-state index in [9.17, 15) is 4.79 Å². The van der Waals surface area contributed by atoms with Crippen molar-refractivity contribution in [2.24, 2.45) is 5.84 Å². The van der Waals surface area contributed by atoms with Crippen LogP contribution in [0.1, 0.15) is 42.7 Å². The fraction of sp³-hybridized carbons (Fsp3) is 0.600. The Hall–Kier alpha value is -1.66. The van der Waals surface area contributed by atoms with Crippen molar-refractivity contribution in [2.75, 3.05) is 25.6 Å². The molecule has 1 amide bonds. The Morgan fingerprint density at radius 3 is 2.95 bits per heavy atom. The minimum Gasteiger partial charge on any atom is -0.377 e. The Labute approximate surface area is 125 Å². The molecular weight excluding hydrogens is 268 g/mol. The van der Waals surface area contributed by atoms with Gasteiger partial charge in [-0.05, 0) is 38.3 Å². The Morgan fingerprint density at radius 2 is 2.33 bits per heavy atom. The topological polar surface area (TPSA) is 80.5 Å². The molecule has 0 radical (unpaired) electrons. The Bertz CT molecular complexity index is 498. The van der Waals surface area contributed by atoms with Crippen LogP contribution >= 0.6 is 0 Å². The van der Waals surface area contributed by atoms with Gasteiger partial charge in [-0.25, -0.2) is 10.8 Å². The number of nitrogens with two attached hydrogens (primary N) is 1. The summed E-state index contributed by atoms with van der Waals surface area (Å²) in [6.45, 7) is 5.41. The van der Waals surface area contributed by atoms with Gasteiger partial charge in [0, 0.05) is 31.5 Å². The summed E-state index contributed by atoms with van der Waals surface area (Å²) < 4.78 is 5.55. The van der Waals surface area contributed by atoms with Crippen LogP contribution < -0.4 is 11.3 Å². The molecule has 0 spiro atoms. The number of aromatic nitrogens is 1. The number of hydrazine groups is 1. The van der Waals surface area contributed by atoms with E-state index in [1.165, 1.54) is 0 Å². The second kappa shape index (κ2) is 6.41. The van der Waals surface area contributed by atoms with Crippen LogP contribution in [0.4, 0.5) is 5.82 Å². The molecule has 1 aliphatic heterocycles. The van der Waals surface area contributed by atoms with E-state index in [4.69, 9.17) is 10.6 Å². The number of nitrogens with zero attached hydrogens (tertiary/aromatic N) is 2. The summed E-state index contributed by atoms with van der Waals surface area (Å²) in [7, 11) is 1.70. The largest absolute Gasteiger partial charge is 0.377 e. The first-order chi connectivity index (χ1) is 10.0. The molecule has 0 aromatic carbocycles. The zero-order chi connectivity index (χ0) is 15.5. The van der Waals surface area contributed by atoms with E-state index in [1.807, 2.05) is 24.8 Å². The summed E-state index contributed by atoms with van der Waals surface area (Å²) in [5.74, 6) is 5.95. The van der Waals surface area contributed by atoms with Crippen molar-refractivity contribution in [2.45, 2.75) is 38.7 Å². The maximum atomic E-state index is 12.7. The highest BCUT2D eigenvalue weighted by Gasteiger charge is 2.33. The highest BCUT2D eigenvalue weighted by Crippen LogP contribution is 2.25. The molecule has 0 saturated carbocycles. The van der Waals surface area contributed by atoms with E-state index in [0.717, 1.165) is 31.5 Å². The molecule has 3 N–H and O–H groups in total. The quantitative estimate of drug-likeness (QED) is 0.650. The molecule has 1 saturated heterocycles. The number of aryl methyl sites for hydroxylation is 1. The van der Waals surface area contributed by atoms with Crippen molar-refractivity contribution >= 4 is 11.7 Å². The third-order valence-electron chi connectivity index (χ3n) is 4.07. The second-order valence-electron chi connectivity index (χ2n) is 5.71. The van der Waals surface area contributed by atoms with Crippen molar-refractivity contribution < 1.29 is 9.53 Å². The fourth-order valence-corrected chi connectivity index (χ4v) is 2.69.